The van der Waals surface area contributed by atoms with Gasteiger partial charge in [0, 0.05) is 18.8 Å². The molecule has 1 unspecified atom stereocenters. The molecule has 0 saturated heterocycles. The van der Waals surface area contributed by atoms with Gasteiger partial charge >= 0.3 is 0 Å². The number of pyridine rings is 1. The summed E-state index contributed by atoms with van der Waals surface area (Å²) in [4.78, 5) is 7.96. The molecule has 19 heavy (non-hydrogen) atoms. The molecule has 0 bridgehead atoms. The molecule has 2 aromatic rings. The van der Waals surface area contributed by atoms with Gasteiger partial charge in [-0.15, -0.1) is 0 Å². The van der Waals surface area contributed by atoms with Crippen LogP contribution in [0.15, 0.2) is 33.9 Å². The lowest BCUT2D eigenvalue weighted by Gasteiger charge is -2.09. The van der Waals surface area contributed by atoms with Gasteiger partial charge in [-0.2, -0.15) is 9.71 Å². The standard InChI is InChI=1S/C11H14N4O3S/c1-3-10-13-11(18-14-10)8(2)15-19(16,17)9-5-4-6-12-7-9/h4-8,15H,3H2,1-2H3. The fourth-order valence-corrected chi connectivity index (χ4v) is 2.60. The van der Waals surface area contributed by atoms with Crippen molar-refractivity contribution in [3.8, 4) is 0 Å². The van der Waals surface area contributed by atoms with Crippen LogP contribution in [0.3, 0.4) is 0 Å². The molecule has 0 aliphatic carbocycles. The zero-order chi connectivity index (χ0) is 13.9. The SMILES string of the molecule is CCc1noc(C(C)NS(=O)(=O)c2cccnc2)n1. The van der Waals surface area contributed by atoms with E-state index in [-0.39, 0.29) is 10.8 Å². The molecule has 0 amide bonds. The number of aryl methyl sites for hydroxylation is 1. The van der Waals surface area contributed by atoms with Crippen LogP contribution in [0.2, 0.25) is 0 Å². The van der Waals surface area contributed by atoms with E-state index in [0.29, 0.717) is 12.2 Å². The minimum Gasteiger partial charge on any atom is -0.338 e. The van der Waals surface area contributed by atoms with Crippen LogP contribution in [0.25, 0.3) is 0 Å². The molecule has 0 fully saturated rings. The molecule has 2 heterocycles. The van der Waals surface area contributed by atoms with Crippen LogP contribution in [-0.2, 0) is 16.4 Å². The monoisotopic (exact) mass is 282 g/mol. The van der Waals surface area contributed by atoms with Crippen molar-refractivity contribution in [3.63, 3.8) is 0 Å². The first kappa shape index (κ1) is 13.6. The lowest BCUT2D eigenvalue weighted by molar-refractivity contribution is 0.350. The van der Waals surface area contributed by atoms with Gasteiger partial charge in [0.2, 0.25) is 15.9 Å². The van der Waals surface area contributed by atoms with Crippen molar-refractivity contribution >= 4 is 10.0 Å². The molecule has 0 aliphatic rings. The average Bonchev–Trinajstić information content (AvgIpc) is 2.88. The van der Waals surface area contributed by atoms with Crippen molar-refractivity contribution in [1.29, 1.82) is 0 Å². The quantitative estimate of drug-likeness (QED) is 0.880. The van der Waals surface area contributed by atoms with Crippen LogP contribution in [0.4, 0.5) is 0 Å². The van der Waals surface area contributed by atoms with Gasteiger partial charge in [0.15, 0.2) is 5.82 Å². The van der Waals surface area contributed by atoms with Gasteiger partial charge < -0.3 is 4.52 Å². The second-order valence-electron chi connectivity index (χ2n) is 3.93. The van der Waals surface area contributed by atoms with E-state index >= 15 is 0 Å². The molecule has 0 aliphatic heterocycles. The van der Waals surface area contributed by atoms with Gasteiger partial charge in [0.25, 0.3) is 0 Å². The van der Waals surface area contributed by atoms with E-state index in [4.69, 9.17) is 4.52 Å². The number of hydrogen-bond donors (Lipinski definition) is 1. The molecule has 102 valence electrons. The summed E-state index contributed by atoms with van der Waals surface area (Å²) in [6.07, 6.45) is 3.42. The predicted octanol–water partition coefficient (Wildman–Crippen LogP) is 1.07. The third-order valence-electron chi connectivity index (χ3n) is 2.45. The number of nitrogens with one attached hydrogen (secondary N) is 1. The minimum atomic E-state index is -3.65. The third-order valence-corrected chi connectivity index (χ3v) is 3.97. The van der Waals surface area contributed by atoms with E-state index in [2.05, 4.69) is 19.8 Å². The number of sulfonamides is 1. The van der Waals surface area contributed by atoms with Gasteiger partial charge in [-0.05, 0) is 19.1 Å². The topological polar surface area (TPSA) is 98.0 Å². The largest absolute Gasteiger partial charge is 0.338 e. The first-order valence-electron chi connectivity index (χ1n) is 5.77. The number of rotatable bonds is 5. The second-order valence-corrected chi connectivity index (χ2v) is 5.65. The first-order valence-corrected chi connectivity index (χ1v) is 7.26. The summed E-state index contributed by atoms with van der Waals surface area (Å²) in [6, 6.07) is 2.42. The Hall–Kier alpha value is -1.80. The molecular formula is C11H14N4O3S. The molecule has 0 radical (unpaired) electrons. The maximum absolute atomic E-state index is 12.1. The van der Waals surface area contributed by atoms with E-state index in [1.807, 2.05) is 6.92 Å². The number of aromatic nitrogens is 3. The van der Waals surface area contributed by atoms with E-state index in [9.17, 15) is 8.42 Å². The van der Waals surface area contributed by atoms with Gasteiger partial charge in [-0.25, -0.2) is 8.42 Å². The average molecular weight is 282 g/mol. The maximum atomic E-state index is 12.1. The van der Waals surface area contributed by atoms with Crippen LogP contribution in [0.1, 0.15) is 31.6 Å². The molecule has 7 nitrogen and oxygen atoms in total. The smallest absolute Gasteiger partial charge is 0.244 e. The summed E-state index contributed by atoms with van der Waals surface area (Å²) >= 11 is 0. The Balaban J connectivity index is 2.16. The van der Waals surface area contributed by atoms with Gasteiger partial charge in [-0.3, -0.25) is 4.98 Å². The van der Waals surface area contributed by atoms with Crippen LogP contribution in [0.5, 0.6) is 0 Å². The highest BCUT2D eigenvalue weighted by Crippen LogP contribution is 2.14. The summed E-state index contributed by atoms with van der Waals surface area (Å²) in [5.41, 5.74) is 0. The van der Waals surface area contributed by atoms with Crippen LogP contribution in [0, 0.1) is 0 Å². The van der Waals surface area contributed by atoms with Crippen LogP contribution in [-0.4, -0.2) is 23.5 Å². The summed E-state index contributed by atoms with van der Waals surface area (Å²) in [5.74, 6) is 0.784. The Morgan fingerprint density at radius 1 is 1.47 bits per heavy atom. The summed E-state index contributed by atoms with van der Waals surface area (Å²) in [5, 5.41) is 3.73. The molecule has 8 heteroatoms. The predicted molar refractivity (Wildman–Crippen MR) is 66.6 cm³/mol. The van der Waals surface area contributed by atoms with Gasteiger partial charge in [0.05, 0.1) is 6.04 Å². The van der Waals surface area contributed by atoms with E-state index in [0.717, 1.165) is 0 Å². The Morgan fingerprint density at radius 2 is 2.26 bits per heavy atom. The number of hydrogen-bond acceptors (Lipinski definition) is 6. The molecule has 0 aromatic carbocycles. The molecule has 2 aromatic heterocycles. The van der Waals surface area contributed by atoms with Crippen LogP contribution >= 0.6 is 0 Å². The Morgan fingerprint density at radius 3 is 2.84 bits per heavy atom. The Kier molecular flexibility index (Phi) is 3.91. The highest BCUT2D eigenvalue weighted by molar-refractivity contribution is 7.89. The third kappa shape index (κ3) is 3.15. The molecule has 2 rings (SSSR count). The zero-order valence-electron chi connectivity index (χ0n) is 10.6. The maximum Gasteiger partial charge on any atom is 0.244 e. The van der Waals surface area contributed by atoms with Gasteiger partial charge in [-0.1, -0.05) is 12.1 Å². The molecule has 0 saturated carbocycles. The van der Waals surface area contributed by atoms with Crippen molar-refractivity contribution in [2.24, 2.45) is 0 Å². The van der Waals surface area contributed by atoms with Crippen molar-refractivity contribution in [2.45, 2.75) is 31.2 Å². The Labute approximate surface area is 111 Å². The van der Waals surface area contributed by atoms with E-state index in [1.54, 1.807) is 13.0 Å². The van der Waals surface area contributed by atoms with Crippen molar-refractivity contribution < 1.29 is 12.9 Å². The lowest BCUT2D eigenvalue weighted by atomic mass is 10.4. The van der Waals surface area contributed by atoms with Crippen molar-refractivity contribution in [1.82, 2.24) is 19.8 Å². The summed E-state index contributed by atoms with van der Waals surface area (Å²) in [7, 11) is -3.65. The highest BCUT2D eigenvalue weighted by atomic mass is 32.2. The lowest BCUT2D eigenvalue weighted by Crippen LogP contribution is -2.27. The Bertz CT molecular complexity index is 639. The molecular weight excluding hydrogens is 268 g/mol. The van der Waals surface area contributed by atoms with Gasteiger partial charge in [0.1, 0.15) is 4.90 Å². The minimum absolute atomic E-state index is 0.0945. The second kappa shape index (κ2) is 5.45. The molecule has 1 N–H and O–H groups in total. The number of nitrogens with zero attached hydrogens (tertiary/aromatic N) is 3. The van der Waals surface area contributed by atoms with E-state index < -0.39 is 16.1 Å². The fourth-order valence-electron chi connectivity index (χ4n) is 1.44. The van der Waals surface area contributed by atoms with E-state index in [1.165, 1.54) is 18.5 Å². The summed E-state index contributed by atoms with van der Waals surface area (Å²) < 4.78 is 31.6. The zero-order valence-corrected chi connectivity index (χ0v) is 11.4. The molecule has 1 atom stereocenters. The first-order chi connectivity index (χ1) is 9.03. The normalized spacial score (nSPS) is 13.4. The molecule has 0 spiro atoms. The van der Waals surface area contributed by atoms with Crippen molar-refractivity contribution in [2.75, 3.05) is 0 Å². The van der Waals surface area contributed by atoms with Crippen LogP contribution < -0.4 is 4.72 Å². The fraction of sp³-hybridized carbons (Fsp3) is 0.364. The summed E-state index contributed by atoms with van der Waals surface area (Å²) in [6.45, 7) is 3.53. The highest BCUT2D eigenvalue weighted by Gasteiger charge is 2.22. The van der Waals surface area contributed by atoms with Crippen molar-refractivity contribution in [3.05, 3.63) is 36.2 Å².